The Labute approximate surface area is 187 Å². The fourth-order valence-electron chi connectivity index (χ4n) is 4.11. The Hall–Kier alpha value is -3.22. The minimum atomic E-state index is -0.390. The largest absolute Gasteiger partial charge is 0.490 e. The summed E-state index contributed by atoms with van der Waals surface area (Å²) in [7, 11) is 0. The van der Waals surface area contributed by atoms with Crippen molar-refractivity contribution in [1.29, 1.82) is 5.26 Å². The second kappa shape index (κ2) is 9.94. The highest BCUT2D eigenvalue weighted by Crippen LogP contribution is 2.44. The van der Waals surface area contributed by atoms with Crippen molar-refractivity contribution >= 4 is 0 Å². The van der Waals surface area contributed by atoms with Crippen LogP contribution in [0.15, 0.2) is 29.7 Å². The lowest BCUT2D eigenvalue weighted by molar-refractivity contribution is 0.0321. The van der Waals surface area contributed by atoms with Crippen LogP contribution in [0, 0.1) is 11.3 Å². The summed E-state index contributed by atoms with van der Waals surface area (Å²) in [5.74, 6) is 1.40. The summed E-state index contributed by atoms with van der Waals surface area (Å²) in [6, 6.07) is 7.98. The molecule has 170 valence electrons. The summed E-state index contributed by atoms with van der Waals surface area (Å²) in [5, 5.41) is 17.1. The molecule has 0 bridgehead atoms. The van der Waals surface area contributed by atoms with E-state index in [-0.39, 0.29) is 11.8 Å². The predicted octanol–water partition coefficient (Wildman–Crippen LogP) is 2.30. The van der Waals surface area contributed by atoms with Crippen LogP contribution in [0.2, 0.25) is 0 Å². The number of nitrogens with two attached hydrogens (primary N) is 1. The average Bonchev–Trinajstić information content (AvgIpc) is 3.22. The molecule has 4 rings (SSSR count). The van der Waals surface area contributed by atoms with E-state index in [4.69, 9.17) is 24.7 Å². The molecule has 0 spiro atoms. The number of nitriles is 1. The third kappa shape index (κ3) is 4.38. The van der Waals surface area contributed by atoms with E-state index in [2.05, 4.69) is 21.2 Å². The highest BCUT2D eigenvalue weighted by molar-refractivity contribution is 5.57. The van der Waals surface area contributed by atoms with E-state index < -0.39 is 0 Å². The Morgan fingerprint density at radius 2 is 2.06 bits per heavy atom. The molecule has 1 atom stereocenters. The molecular formula is C23H29N5O4. The van der Waals surface area contributed by atoms with E-state index in [0.717, 1.165) is 56.1 Å². The van der Waals surface area contributed by atoms with Crippen LogP contribution in [-0.4, -0.2) is 61.2 Å². The SMILES string of the molecule is CCOc1cc([C@@H]2C(C#N)=C(N)Oc3n[nH]c(CC)c32)ccc1OCCN1CCOCC1. The Kier molecular flexibility index (Phi) is 6.83. The molecule has 0 radical (unpaired) electrons. The van der Waals surface area contributed by atoms with Gasteiger partial charge in [-0.2, -0.15) is 5.26 Å². The molecular weight excluding hydrogens is 410 g/mol. The molecule has 0 amide bonds. The van der Waals surface area contributed by atoms with Crippen molar-refractivity contribution in [1.82, 2.24) is 15.1 Å². The third-order valence-corrected chi connectivity index (χ3v) is 5.74. The maximum atomic E-state index is 9.82. The van der Waals surface area contributed by atoms with Gasteiger partial charge >= 0.3 is 0 Å². The van der Waals surface area contributed by atoms with Gasteiger partial charge in [-0.3, -0.25) is 10.00 Å². The van der Waals surface area contributed by atoms with Gasteiger partial charge in [-0.05, 0) is 31.0 Å². The van der Waals surface area contributed by atoms with Crippen molar-refractivity contribution in [3.63, 3.8) is 0 Å². The number of aryl methyl sites for hydroxylation is 1. The maximum Gasteiger partial charge on any atom is 0.244 e. The highest BCUT2D eigenvalue weighted by atomic mass is 16.5. The summed E-state index contributed by atoms with van der Waals surface area (Å²) in [6.07, 6.45) is 0.724. The van der Waals surface area contributed by atoms with Gasteiger partial charge in [0.25, 0.3) is 0 Å². The van der Waals surface area contributed by atoms with Gasteiger partial charge in [0.1, 0.15) is 18.2 Å². The Morgan fingerprint density at radius 3 is 2.78 bits per heavy atom. The van der Waals surface area contributed by atoms with Crippen LogP contribution in [0.4, 0.5) is 0 Å². The van der Waals surface area contributed by atoms with Crippen LogP contribution < -0.4 is 19.9 Å². The van der Waals surface area contributed by atoms with Crippen LogP contribution in [0.25, 0.3) is 0 Å². The molecule has 0 saturated carbocycles. The van der Waals surface area contributed by atoms with Crippen LogP contribution in [0.5, 0.6) is 17.4 Å². The fourth-order valence-corrected chi connectivity index (χ4v) is 4.11. The van der Waals surface area contributed by atoms with Gasteiger partial charge in [-0.1, -0.05) is 13.0 Å². The molecule has 1 aromatic carbocycles. The van der Waals surface area contributed by atoms with Crippen molar-refractivity contribution in [3.05, 3.63) is 46.5 Å². The first-order valence-corrected chi connectivity index (χ1v) is 11.0. The summed E-state index contributed by atoms with van der Waals surface area (Å²) in [5.41, 5.74) is 9.03. The lowest BCUT2D eigenvalue weighted by atomic mass is 9.83. The van der Waals surface area contributed by atoms with Crippen LogP contribution in [0.1, 0.15) is 36.6 Å². The van der Waals surface area contributed by atoms with Gasteiger partial charge in [0.05, 0.1) is 25.7 Å². The fraction of sp³-hybridized carbons (Fsp3) is 0.478. The molecule has 0 aliphatic carbocycles. The number of ether oxygens (including phenoxy) is 4. The number of hydrogen-bond acceptors (Lipinski definition) is 8. The van der Waals surface area contributed by atoms with Gasteiger partial charge < -0.3 is 24.7 Å². The summed E-state index contributed by atoms with van der Waals surface area (Å²) in [4.78, 5) is 2.32. The molecule has 2 aromatic rings. The number of morpholine rings is 1. The number of rotatable bonds is 8. The number of nitrogens with one attached hydrogen (secondary N) is 1. The number of aromatic amines is 1. The second-order valence-electron chi connectivity index (χ2n) is 7.64. The van der Waals surface area contributed by atoms with E-state index in [0.29, 0.717) is 36.2 Å². The Bertz CT molecular complexity index is 1020. The quantitative estimate of drug-likeness (QED) is 0.643. The molecule has 2 aliphatic heterocycles. The number of H-pyrrole nitrogens is 1. The first-order valence-electron chi connectivity index (χ1n) is 11.0. The third-order valence-electron chi connectivity index (χ3n) is 5.74. The van der Waals surface area contributed by atoms with Crippen molar-refractivity contribution in [2.75, 3.05) is 46.1 Å². The molecule has 9 heteroatoms. The second-order valence-corrected chi connectivity index (χ2v) is 7.64. The van der Waals surface area contributed by atoms with Crippen molar-refractivity contribution < 1.29 is 18.9 Å². The predicted molar refractivity (Wildman–Crippen MR) is 118 cm³/mol. The number of hydrogen-bond donors (Lipinski definition) is 2. The van der Waals surface area contributed by atoms with E-state index in [1.807, 2.05) is 32.0 Å². The zero-order chi connectivity index (χ0) is 22.5. The first-order chi connectivity index (χ1) is 15.7. The standard InChI is InChI=1S/C23H29N5O4/c1-3-17-21-20(16(14-24)22(25)32-23(21)27-26-17)15-5-6-18(19(13-15)30-4-2)31-12-9-28-7-10-29-11-8-28/h5-6,13,20H,3-4,7-12,25H2,1-2H3,(H,26,27)/t20-/m1/s1. The van der Waals surface area contributed by atoms with Gasteiger partial charge in [-0.25, -0.2) is 0 Å². The minimum Gasteiger partial charge on any atom is -0.490 e. The normalized spacial score (nSPS) is 18.6. The van der Waals surface area contributed by atoms with E-state index in [9.17, 15) is 5.26 Å². The maximum absolute atomic E-state index is 9.82. The number of allylic oxidation sites excluding steroid dienone is 1. The zero-order valence-electron chi connectivity index (χ0n) is 18.5. The van der Waals surface area contributed by atoms with Crippen molar-refractivity contribution in [3.8, 4) is 23.4 Å². The number of benzene rings is 1. The zero-order valence-corrected chi connectivity index (χ0v) is 18.5. The van der Waals surface area contributed by atoms with Gasteiger partial charge in [-0.15, -0.1) is 5.10 Å². The van der Waals surface area contributed by atoms with Crippen molar-refractivity contribution in [2.45, 2.75) is 26.2 Å². The summed E-state index contributed by atoms with van der Waals surface area (Å²) in [6.45, 7) is 9.19. The molecule has 1 aromatic heterocycles. The topological polar surface area (TPSA) is 119 Å². The van der Waals surface area contributed by atoms with E-state index in [1.54, 1.807) is 0 Å². The Balaban J connectivity index is 1.61. The average molecular weight is 440 g/mol. The minimum absolute atomic E-state index is 0.0722. The van der Waals surface area contributed by atoms with E-state index >= 15 is 0 Å². The molecule has 3 N–H and O–H groups in total. The molecule has 1 fully saturated rings. The van der Waals surface area contributed by atoms with Crippen LogP contribution in [-0.2, 0) is 11.2 Å². The van der Waals surface area contributed by atoms with Crippen LogP contribution in [0.3, 0.4) is 0 Å². The van der Waals surface area contributed by atoms with E-state index in [1.165, 1.54) is 0 Å². The molecule has 1 saturated heterocycles. The number of nitrogens with zero attached hydrogens (tertiary/aromatic N) is 3. The van der Waals surface area contributed by atoms with Gasteiger partial charge in [0, 0.05) is 30.9 Å². The lowest BCUT2D eigenvalue weighted by Crippen LogP contribution is -2.38. The number of aromatic nitrogens is 2. The number of fused-ring (bicyclic) bond motifs is 1. The molecule has 2 aliphatic rings. The summed E-state index contributed by atoms with van der Waals surface area (Å²) < 4.78 is 22.9. The molecule has 9 nitrogen and oxygen atoms in total. The van der Waals surface area contributed by atoms with Crippen LogP contribution >= 0.6 is 0 Å². The van der Waals surface area contributed by atoms with Gasteiger partial charge in [0.15, 0.2) is 11.5 Å². The van der Waals surface area contributed by atoms with Crippen molar-refractivity contribution in [2.24, 2.45) is 5.73 Å². The molecule has 3 heterocycles. The highest BCUT2D eigenvalue weighted by Gasteiger charge is 2.35. The smallest absolute Gasteiger partial charge is 0.244 e. The monoisotopic (exact) mass is 439 g/mol. The van der Waals surface area contributed by atoms with Gasteiger partial charge in [0.2, 0.25) is 11.8 Å². The lowest BCUT2D eigenvalue weighted by Gasteiger charge is -2.27. The Morgan fingerprint density at radius 1 is 1.25 bits per heavy atom. The molecule has 32 heavy (non-hydrogen) atoms. The molecule has 0 unspecified atom stereocenters. The first kappa shape index (κ1) is 22.0. The summed E-state index contributed by atoms with van der Waals surface area (Å²) >= 11 is 0.